The number of methoxy groups -OCH3 is 1. The van der Waals surface area contributed by atoms with Gasteiger partial charge in [-0.2, -0.15) is 17.0 Å². The summed E-state index contributed by atoms with van der Waals surface area (Å²) in [6.45, 7) is 2.19. The van der Waals surface area contributed by atoms with E-state index >= 15 is 0 Å². The lowest BCUT2D eigenvalue weighted by Crippen LogP contribution is -2.48. The molecular weight excluding hydrogens is 272 g/mol. The maximum atomic E-state index is 12.2. The maximum Gasteiger partial charge on any atom is 0.308 e. The topological polar surface area (TPSA) is 87.2 Å². The van der Waals surface area contributed by atoms with Crippen LogP contribution in [0, 0.1) is 5.92 Å². The quantitative estimate of drug-likeness (QED) is 0.686. The summed E-state index contributed by atoms with van der Waals surface area (Å²) in [4.78, 5) is 11.4. The van der Waals surface area contributed by atoms with Crippen molar-refractivity contribution in [1.82, 2.24) is 8.61 Å². The summed E-state index contributed by atoms with van der Waals surface area (Å²) < 4.78 is 31.5. The van der Waals surface area contributed by atoms with Crippen LogP contribution < -0.4 is 0 Å². The number of hydrogen-bond donors (Lipinski definition) is 1. The molecule has 0 radical (unpaired) electrons. The molecule has 0 aliphatic carbocycles. The van der Waals surface area contributed by atoms with Crippen LogP contribution in [0.1, 0.15) is 19.8 Å². The lowest BCUT2D eigenvalue weighted by atomic mass is 9.99. The molecule has 0 bridgehead atoms. The van der Waals surface area contributed by atoms with E-state index in [1.165, 1.54) is 25.4 Å². The summed E-state index contributed by atoms with van der Waals surface area (Å²) in [6, 6.07) is 0. The number of aliphatic hydroxyl groups is 1. The number of aliphatic hydroxyl groups excluding tert-OH is 1. The molecule has 0 aromatic carbocycles. The molecule has 1 aliphatic rings. The second kappa shape index (κ2) is 6.65. The van der Waals surface area contributed by atoms with Crippen LogP contribution in [-0.4, -0.2) is 68.0 Å². The van der Waals surface area contributed by atoms with Crippen LogP contribution in [0.5, 0.6) is 0 Å². The number of hydrogen-bond acceptors (Lipinski definition) is 5. The SMILES string of the molecule is COC(=O)C1CCN(S(=O)(=O)N(C)CC(C)O)CC1. The summed E-state index contributed by atoms with van der Waals surface area (Å²) >= 11 is 0. The van der Waals surface area contributed by atoms with Gasteiger partial charge in [-0.15, -0.1) is 0 Å². The smallest absolute Gasteiger partial charge is 0.308 e. The van der Waals surface area contributed by atoms with E-state index in [9.17, 15) is 18.3 Å². The Morgan fingerprint density at radius 2 is 2.00 bits per heavy atom. The van der Waals surface area contributed by atoms with Crippen LogP contribution in [0.4, 0.5) is 0 Å². The number of piperidine rings is 1. The number of ether oxygens (including phenoxy) is 1. The first kappa shape index (κ1) is 16.4. The van der Waals surface area contributed by atoms with E-state index in [4.69, 9.17) is 0 Å². The Morgan fingerprint density at radius 1 is 1.47 bits per heavy atom. The number of likely N-dealkylation sites (N-methyl/N-ethyl adjacent to an activating group) is 1. The van der Waals surface area contributed by atoms with Gasteiger partial charge >= 0.3 is 5.97 Å². The fourth-order valence-electron chi connectivity index (χ4n) is 2.15. The summed E-state index contributed by atoms with van der Waals surface area (Å²) in [5.41, 5.74) is 0. The number of nitrogens with zero attached hydrogens (tertiary/aromatic N) is 2. The molecule has 19 heavy (non-hydrogen) atoms. The molecule has 0 aromatic rings. The minimum absolute atomic E-state index is 0.0548. The van der Waals surface area contributed by atoms with Gasteiger partial charge in [-0.3, -0.25) is 4.79 Å². The van der Waals surface area contributed by atoms with Crippen LogP contribution in [0.25, 0.3) is 0 Å². The van der Waals surface area contributed by atoms with Crippen LogP contribution >= 0.6 is 0 Å². The highest BCUT2D eigenvalue weighted by Crippen LogP contribution is 2.21. The average Bonchev–Trinajstić information content (AvgIpc) is 2.37. The standard InChI is InChI=1S/C11H22N2O5S/c1-9(14)8-12(2)19(16,17)13-6-4-10(5-7-13)11(15)18-3/h9-10,14H,4-8H2,1-3H3. The van der Waals surface area contributed by atoms with Crippen molar-refractivity contribution >= 4 is 16.2 Å². The van der Waals surface area contributed by atoms with Crippen molar-refractivity contribution in [2.24, 2.45) is 5.92 Å². The van der Waals surface area contributed by atoms with Crippen molar-refractivity contribution in [3.8, 4) is 0 Å². The minimum atomic E-state index is -3.56. The van der Waals surface area contributed by atoms with E-state index in [2.05, 4.69) is 4.74 Å². The highest BCUT2D eigenvalue weighted by atomic mass is 32.2. The zero-order chi connectivity index (χ0) is 14.6. The molecule has 1 heterocycles. The molecule has 1 fully saturated rings. The Hall–Kier alpha value is -0.700. The van der Waals surface area contributed by atoms with Crippen molar-refractivity contribution in [2.45, 2.75) is 25.9 Å². The molecule has 8 heteroatoms. The molecule has 1 unspecified atom stereocenters. The maximum absolute atomic E-state index is 12.2. The van der Waals surface area contributed by atoms with Crippen LogP contribution in [-0.2, 0) is 19.7 Å². The molecule has 1 saturated heterocycles. The minimum Gasteiger partial charge on any atom is -0.469 e. The van der Waals surface area contributed by atoms with Crippen LogP contribution in [0.15, 0.2) is 0 Å². The van der Waals surface area contributed by atoms with E-state index < -0.39 is 16.3 Å². The third kappa shape index (κ3) is 4.13. The number of carbonyl (C=O) groups excluding carboxylic acids is 1. The molecule has 1 N–H and O–H groups in total. The predicted molar refractivity (Wildman–Crippen MR) is 69.5 cm³/mol. The largest absolute Gasteiger partial charge is 0.469 e. The van der Waals surface area contributed by atoms with E-state index in [0.717, 1.165) is 4.31 Å². The molecule has 0 saturated carbocycles. The molecule has 1 aliphatic heterocycles. The van der Waals surface area contributed by atoms with Crippen molar-refractivity contribution in [3.63, 3.8) is 0 Å². The third-order valence-corrected chi connectivity index (χ3v) is 5.18. The summed E-state index contributed by atoms with van der Waals surface area (Å²) in [5.74, 6) is -0.507. The van der Waals surface area contributed by atoms with E-state index in [1.807, 2.05) is 0 Å². The fraction of sp³-hybridized carbons (Fsp3) is 0.909. The zero-order valence-electron chi connectivity index (χ0n) is 11.6. The van der Waals surface area contributed by atoms with Gasteiger partial charge in [-0.1, -0.05) is 0 Å². The van der Waals surface area contributed by atoms with Gasteiger partial charge in [0.05, 0.1) is 19.1 Å². The second-order valence-corrected chi connectivity index (χ2v) is 6.87. The summed E-state index contributed by atoms with van der Waals surface area (Å²) in [7, 11) is -0.784. The van der Waals surface area contributed by atoms with Gasteiger partial charge in [0.1, 0.15) is 0 Å². The Labute approximate surface area is 114 Å². The summed E-state index contributed by atoms with van der Waals surface area (Å²) in [6.07, 6.45) is 0.218. The zero-order valence-corrected chi connectivity index (χ0v) is 12.4. The van der Waals surface area contributed by atoms with Crippen molar-refractivity contribution in [2.75, 3.05) is 33.8 Å². The summed E-state index contributed by atoms with van der Waals surface area (Å²) in [5, 5.41) is 9.25. The van der Waals surface area contributed by atoms with Gasteiger partial charge in [-0.25, -0.2) is 0 Å². The average molecular weight is 294 g/mol. The lowest BCUT2D eigenvalue weighted by Gasteiger charge is -2.33. The number of carbonyl (C=O) groups is 1. The number of esters is 1. The van der Waals surface area contributed by atoms with Crippen molar-refractivity contribution in [3.05, 3.63) is 0 Å². The normalized spacial score (nSPS) is 20.5. The molecule has 1 atom stereocenters. The van der Waals surface area contributed by atoms with Crippen LogP contribution in [0.3, 0.4) is 0 Å². The Kier molecular flexibility index (Phi) is 5.72. The molecule has 1 rings (SSSR count). The van der Waals surface area contributed by atoms with Crippen LogP contribution in [0.2, 0.25) is 0 Å². The molecule has 0 spiro atoms. The Bertz CT molecular complexity index is 401. The van der Waals surface area contributed by atoms with Crippen molar-refractivity contribution in [1.29, 1.82) is 0 Å². The monoisotopic (exact) mass is 294 g/mol. The molecule has 7 nitrogen and oxygen atoms in total. The predicted octanol–water partition coefficient (Wildman–Crippen LogP) is -0.571. The molecule has 0 amide bonds. The van der Waals surface area contributed by atoms with E-state index in [-0.39, 0.29) is 18.4 Å². The molecule has 112 valence electrons. The van der Waals surface area contributed by atoms with Gasteiger partial charge in [0.25, 0.3) is 10.2 Å². The van der Waals surface area contributed by atoms with Crippen molar-refractivity contribution < 1.29 is 23.1 Å². The molecular formula is C11H22N2O5S. The van der Waals surface area contributed by atoms with Gasteiger partial charge in [0, 0.05) is 26.7 Å². The van der Waals surface area contributed by atoms with E-state index in [1.54, 1.807) is 0 Å². The highest BCUT2D eigenvalue weighted by molar-refractivity contribution is 7.86. The Balaban J connectivity index is 2.61. The Morgan fingerprint density at radius 3 is 2.42 bits per heavy atom. The first-order valence-corrected chi connectivity index (χ1v) is 7.66. The second-order valence-electron chi connectivity index (χ2n) is 4.83. The highest BCUT2D eigenvalue weighted by Gasteiger charge is 2.33. The van der Waals surface area contributed by atoms with E-state index in [0.29, 0.717) is 25.9 Å². The van der Waals surface area contributed by atoms with Gasteiger partial charge in [0.15, 0.2) is 0 Å². The van der Waals surface area contributed by atoms with Gasteiger partial charge in [0.2, 0.25) is 0 Å². The number of rotatable bonds is 5. The first-order valence-electron chi connectivity index (χ1n) is 6.26. The lowest BCUT2D eigenvalue weighted by molar-refractivity contribution is -0.146. The fourth-order valence-corrected chi connectivity index (χ4v) is 3.62. The van der Waals surface area contributed by atoms with Gasteiger partial charge < -0.3 is 9.84 Å². The first-order chi connectivity index (χ1) is 8.78. The molecule has 0 aromatic heterocycles. The van der Waals surface area contributed by atoms with Gasteiger partial charge in [-0.05, 0) is 19.8 Å². The third-order valence-electron chi connectivity index (χ3n) is 3.23.